The topological polar surface area (TPSA) is 172 Å². The first-order valence-electron chi connectivity index (χ1n) is 19.5. The number of hydrogen-bond donors (Lipinski definition) is 4. The van der Waals surface area contributed by atoms with Gasteiger partial charge in [-0.3, -0.25) is 19.2 Å². The molecule has 5 amide bonds. The Bertz CT molecular complexity index is 1960. The Morgan fingerprint density at radius 2 is 1.33 bits per heavy atom. The highest BCUT2D eigenvalue weighted by Gasteiger charge is 2.41. The summed E-state index contributed by atoms with van der Waals surface area (Å²) in [5.74, 6) is -6.42. The van der Waals surface area contributed by atoms with Crippen LogP contribution < -0.4 is 21.3 Å². The molecule has 0 radical (unpaired) electrons. The van der Waals surface area contributed by atoms with Crippen LogP contribution in [0.3, 0.4) is 0 Å². The maximum atomic E-state index is 14.9. The van der Waals surface area contributed by atoms with Gasteiger partial charge in [-0.25, -0.2) is 18.4 Å². The Hall–Kier alpha value is -5.86. The van der Waals surface area contributed by atoms with Crippen molar-refractivity contribution in [1.29, 1.82) is 0 Å². The lowest BCUT2D eigenvalue weighted by Crippen LogP contribution is -2.59. The van der Waals surface area contributed by atoms with Crippen LogP contribution in [0, 0.1) is 23.5 Å². The molecule has 4 N–H and O–H groups in total. The highest BCUT2D eigenvalue weighted by Crippen LogP contribution is 2.44. The number of carbonyl (C=O) groups excluding carboxylic acids is 6. The van der Waals surface area contributed by atoms with Crippen LogP contribution in [-0.2, 0) is 39.9 Å². The Kier molecular flexibility index (Phi) is 14.2. The Balaban J connectivity index is 1.28. The zero-order chi connectivity index (χ0) is 42.3. The molecule has 3 aromatic carbocycles. The molecular formula is C43H51F2N5O8. The van der Waals surface area contributed by atoms with Crippen molar-refractivity contribution in [1.82, 2.24) is 26.2 Å². The molecule has 0 bridgehead atoms. The molecule has 2 aliphatic rings. The molecule has 5 atom stereocenters. The number of rotatable bonds is 15. The van der Waals surface area contributed by atoms with E-state index in [4.69, 9.17) is 9.47 Å². The van der Waals surface area contributed by atoms with Crippen molar-refractivity contribution in [2.24, 2.45) is 11.8 Å². The van der Waals surface area contributed by atoms with E-state index in [1.54, 1.807) is 27.7 Å². The summed E-state index contributed by atoms with van der Waals surface area (Å²) in [5, 5.41) is 10.4. The van der Waals surface area contributed by atoms with Crippen LogP contribution in [0.25, 0.3) is 11.1 Å². The molecular weight excluding hydrogens is 752 g/mol. The number of amides is 5. The minimum absolute atomic E-state index is 0.0107. The molecule has 0 saturated carbocycles. The van der Waals surface area contributed by atoms with Crippen LogP contribution in [0.4, 0.5) is 13.6 Å². The summed E-state index contributed by atoms with van der Waals surface area (Å²) in [6, 6.07) is 12.9. The number of esters is 1. The normalized spacial score (nSPS) is 16.7. The van der Waals surface area contributed by atoms with E-state index >= 15 is 0 Å². The first kappa shape index (κ1) is 43.3. The fourth-order valence-electron chi connectivity index (χ4n) is 7.47. The third-order valence-corrected chi connectivity index (χ3v) is 10.7. The van der Waals surface area contributed by atoms with Gasteiger partial charge in [0.05, 0.1) is 7.11 Å². The highest BCUT2D eigenvalue weighted by molar-refractivity contribution is 5.96. The number of carbonyl (C=O) groups is 6. The molecule has 1 saturated heterocycles. The maximum Gasteiger partial charge on any atom is 0.407 e. The number of fused-ring (bicyclic) bond motifs is 3. The average Bonchev–Trinajstić information content (AvgIpc) is 3.81. The summed E-state index contributed by atoms with van der Waals surface area (Å²) in [5.41, 5.74) is 3.62. The number of halogens is 2. The lowest BCUT2D eigenvalue weighted by Gasteiger charge is -2.31. The number of nitrogens with one attached hydrogen (secondary N) is 4. The van der Waals surface area contributed by atoms with E-state index in [2.05, 4.69) is 21.3 Å². The molecule has 1 aliphatic heterocycles. The molecule has 15 heteroatoms. The number of ether oxygens (including phenoxy) is 2. The monoisotopic (exact) mass is 803 g/mol. The Labute approximate surface area is 336 Å². The van der Waals surface area contributed by atoms with Crippen LogP contribution >= 0.6 is 0 Å². The molecule has 13 nitrogen and oxygen atoms in total. The lowest BCUT2D eigenvalue weighted by atomic mass is 9.98. The van der Waals surface area contributed by atoms with Gasteiger partial charge in [0.25, 0.3) is 0 Å². The van der Waals surface area contributed by atoms with Crippen molar-refractivity contribution in [3.8, 4) is 11.1 Å². The maximum absolute atomic E-state index is 14.9. The molecule has 0 aromatic heterocycles. The van der Waals surface area contributed by atoms with Crippen LogP contribution in [0.1, 0.15) is 70.1 Å². The largest absolute Gasteiger partial charge is 0.467 e. The van der Waals surface area contributed by atoms with Gasteiger partial charge in [-0.05, 0) is 66.0 Å². The Morgan fingerprint density at radius 3 is 1.90 bits per heavy atom. The van der Waals surface area contributed by atoms with E-state index < -0.39 is 95.4 Å². The van der Waals surface area contributed by atoms with Gasteiger partial charge < -0.3 is 35.6 Å². The molecule has 58 heavy (non-hydrogen) atoms. The molecule has 0 spiro atoms. The first-order valence-corrected chi connectivity index (χ1v) is 19.5. The third kappa shape index (κ3) is 9.80. The van der Waals surface area contributed by atoms with Crippen LogP contribution in [0.2, 0.25) is 0 Å². The van der Waals surface area contributed by atoms with Crippen molar-refractivity contribution in [3.05, 3.63) is 95.1 Å². The fraction of sp³-hybridized carbons (Fsp3) is 0.442. The molecule has 0 unspecified atom stereocenters. The van der Waals surface area contributed by atoms with Gasteiger partial charge in [-0.2, -0.15) is 0 Å². The third-order valence-electron chi connectivity index (χ3n) is 10.7. The predicted molar refractivity (Wildman–Crippen MR) is 210 cm³/mol. The van der Waals surface area contributed by atoms with Gasteiger partial charge in [0.1, 0.15) is 48.5 Å². The summed E-state index contributed by atoms with van der Waals surface area (Å²) in [4.78, 5) is 81.5. The van der Waals surface area contributed by atoms with Gasteiger partial charge in [-0.15, -0.1) is 0 Å². The van der Waals surface area contributed by atoms with Gasteiger partial charge in [0.15, 0.2) is 0 Å². The summed E-state index contributed by atoms with van der Waals surface area (Å²) < 4.78 is 40.3. The summed E-state index contributed by atoms with van der Waals surface area (Å²) in [6.07, 6.45) is -0.907. The van der Waals surface area contributed by atoms with Crippen molar-refractivity contribution in [3.63, 3.8) is 0 Å². The average molecular weight is 804 g/mol. The number of alkyl carbamates (subject to hydrolysis) is 1. The number of nitrogens with zero attached hydrogens (tertiary/aromatic N) is 1. The van der Waals surface area contributed by atoms with Crippen molar-refractivity contribution < 1.29 is 47.0 Å². The van der Waals surface area contributed by atoms with E-state index in [9.17, 15) is 37.5 Å². The first-order chi connectivity index (χ1) is 27.6. The van der Waals surface area contributed by atoms with Gasteiger partial charge >= 0.3 is 12.1 Å². The second kappa shape index (κ2) is 19.1. The highest BCUT2D eigenvalue weighted by atomic mass is 19.1. The van der Waals surface area contributed by atoms with E-state index in [0.29, 0.717) is 6.42 Å². The van der Waals surface area contributed by atoms with E-state index in [-0.39, 0.29) is 31.4 Å². The van der Waals surface area contributed by atoms with Gasteiger partial charge in [0, 0.05) is 24.4 Å². The summed E-state index contributed by atoms with van der Waals surface area (Å²) in [7, 11) is 1.20. The summed E-state index contributed by atoms with van der Waals surface area (Å²) >= 11 is 0. The standard InChI is InChI=1S/C43H51F2N5O8/c1-23(2)36(40(53)49-37(24(3)4)42(55)57-6)48-39(52)35-19-12-20-50(35)41(54)34(21-30-32(44)17-11-18-33(30)45)47-38(51)25(5)46-43(56)58-22-31-28-15-9-7-13-26(28)27-14-8-10-16-29(27)31/h7-11,13-18,23-25,31,34-37H,12,19-22H2,1-6H3,(H,46,56)(H,47,51)(H,48,52)(H,49,53)/t25-,34-,35-,36-,37-/m0/s1. The molecule has 1 fully saturated rings. The SMILES string of the molecule is COC(=O)[C@@H](NC(=O)[C@@H](NC(=O)[C@@H]1CCCN1C(=O)[C@H](Cc1c(F)cccc1F)NC(=O)[C@H](C)NC(=O)OCC1c2ccccc2-c2ccccc21)C(C)C)C(C)C. The van der Waals surface area contributed by atoms with Crippen molar-refractivity contribution in [2.75, 3.05) is 20.3 Å². The number of likely N-dealkylation sites (tertiary alicyclic amines) is 1. The zero-order valence-corrected chi connectivity index (χ0v) is 33.5. The van der Waals surface area contributed by atoms with Gasteiger partial charge in [-0.1, -0.05) is 82.3 Å². The molecule has 1 aliphatic carbocycles. The molecule has 5 rings (SSSR count). The minimum Gasteiger partial charge on any atom is -0.467 e. The lowest BCUT2D eigenvalue weighted by molar-refractivity contribution is -0.147. The second-order valence-corrected chi connectivity index (χ2v) is 15.3. The predicted octanol–water partition coefficient (Wildman–Crippen LogP) is 4.36. The number of hydrogen-bond acceptors (Lipinski definition) is 8. The zero-order valence-electron chi connectivity index (χ0n) is 33.5. The van der Waals surface area contributed by atoms with Crippen LogP contribution in [-0.4, -0.2) is 91.1 Å². The number of methoxy groups -OCH3 is 1. The number of benzene rings is 3. The van der Waals surface area contributed by atoms with Crippen LogP contribution in [0.5, 0.6) is 0 Å². The Morgan fingerprint density at radius 1 is 0.741 bits per heavy atom. The molecule has 310 valence electrons. The van der Waals surface area contributed by atoms with E-state index in [1.165, 1.54) is 25.0 Å². The molecule has 3 aromatic rings. The van der Waals surface area contributed by atoms with E-state index in [1.807, 2.05) is 48.5 Å². The van der Waals surface area contributed by atoms with Crippen molar-refractivity contribution in [2.45, 2.75) is 90.0 Å². The molecule has 1 heterocycles. The van der Waals surface area contributed by atoms with Crippen molar-refractivity contribution >= 4 is 35.7 Å². The smallest absolute Gasteiger partial charge is 0.407 e. The fourth-order valence-corrected chi connectivity index (χ4v) is 7.47. The van der Waals surface area contributed by atoms with Gasteiger partial charge in [0.2, 0.25) is 23.6 Å². The second-order valence-electron chi connectivity index (χ2n) is 15.3. The summed E-state index contributed by atoms with van der Waals surface area (Å²) in [6.45, 7) is 8.31. The van der Waals surface area contributed by atoms with Crippen LogP contribution in [0.15, 0.2) is 66.7 Å². The minimum atomic E-state index is -1.56. The quantitative estimate of drug-likeness (QED) is 0.164. The van der Waals surface area contributed by atoms with E-state index in [0.717, 1.165) is 34.4 Å².